The molecule has 0 bridgehead atoms. The fourth-order valence-electron chi connectivity index (χ4n) is 1.32. The normalized spacial score (nSPS) is 13.0. The highest BCUT2D eigenvalue weighted by Gasteiger charge is 2.20. The smallest absolute Gasteiger partial charge is 0.127 e. The number of aliphatic hydroxyl groups is 1. The van der Waals surface area contributed by atoms with Crippen molar-refractivity contribution in [1.82, 2.24) is 9.78 Å². The van der Waals surface area contributed by atoms with Gasteiger partial charge in [-0.15, -0.1) is 11.3 Å². The number of aromatic nitrogens is 2. The average Bonchev–Trinajstić information content (AvgIpc) is 2.75. The van der Waals surface area contributed by atoms with Crippen molar-refractivity contribution in [2.75, 3.05) is 5.73 Å². The molecule has 2 heterocycles. The third-order valence-corrected chi connectivity index (χ3v) is 3.61. The summed E-state index contributed by atoms with van der Waals surface area (Å²) < 4.78 is 1.51. The van der Waals surface area contributed by atoms with Crippen LogP contribution in [0.25, 0.3) is 0 Å². The van der Waals surface area contributed by atoms with E-state index in [9.17, 15) is 5.11 Å². The Morgan fingerprint density at radius 2 is 2.40 bits per heavy atom. The third-order valence-electron chi connectivity index (χ3n) is 2.20. The van der Waals surface area contributed by atoms with E-state index in [-0.39, 0.29) is 0 Å². The molecule has 0 saturated heterocycles. The van der Waals surface area contributed by atoms with Crippen molar-refractivity contribution < 1.29 is 5.11 Å². The van der Waals surface area contributed by atoms with Gasteiger partial charge in [-0.2, -0.15) is 5.10 Å². The maximum absolute atomic E-state index is 10.0. The second-order valence-corrected chi connectivity index (χ2v) is 4.50. The van der Waals surface area contributed by atoms with E-state index in [0.29, 0.717) is 21.3 Å². The van der Waals surface area contributed by atoms with Crippen LogP contribution in [0.5, 0.6) is 0 Å². The van der Waals surface area contributed by atoms with E-state index in [0.717, 1.165) is 0 Å². The van der Waals surface area contributed by atoms with Crippen molar-refractivity contribution in [2.24, 2.45) is 7.05 Å². The van der Waals surface area contributed by atoms with E-state index in [2.05, 4.69) is 5.10 Å². The van der Waals surface area contributed by atoms with Gasteiger partial charge in [-0.25, -0.2) is 0 Å². The molecule has 80 valence electrons. The fourth-order valence-corrected chi connectivity index (χ4v) is 2.48. The molecule has 0 radical (unpaired) electrons. The summed E-state index contributed by atoms with van der Waals surface area (Å²) in [6.07, 6.45) is 0.752. The Bertz CT molecular complexity index is 479. The standard InChI is InChI=1S/C9H10ClN3OS/c1-13-9(11)5(4-12-13)7(14)8-6(10)2-3-15-8/h2-4,7,14H,11H2,1H3. The van der Waals surface area contributed by atoms with Crippen molar-refractivity contribution in [3.8, 4) is 0 Å². The van der Waals surface area contributed by atoms with Crippen LogP contribution in [0.4, 0.5) is 5.82 Å². The summed E-state index contributed by atoms with van der Waals surface area (Å²) in [5.41, 5.74) is 6.35. The van der Waals surface area contributed by atoms with Crippen LogP contribution in [-0.2, 0) is 7.05 Å². The van der Waals surface area contributed by atoms with Crippen LogP contribution in [-0.4, -0.2) is 14.9 Å². The number of hydrogen-bond donors (Lipinski definition) is 2. The molecule has 2 aromatic rings. The fraction of sp³-hybridized carbons (Fsp3) is 0.222. The number of halogens is 1. The number of aliphatic hydroxyl groups excluding tert-OH is 1. The zero-order valence-electron chi connectivity index (χ0n) is 8.01. The van der Waals surface area contributed by atoms with E-state index >= 15 is 0 Å². The topological polar surface area (TPSA) is 64.1 Å². The number of nitrogens with two attached hydrogens (primary N) is 1. The lowest BCUT2D eigenvalue weighted by molar-refractivity contribution is 0.225. The number of thiophene rings is 1. The van der Waals surface area contributed by atoms with Gasteiger partial charge >= 0.3 is 0 Å². The Balaban J connectivity index is 2.41. The molecule has 4 nitrogen and oxygen atoms in total. The Morgan fingerprint density at radius 3 is 2.87 bits per heavy atom. The van der Waals surface area contributed by atoms with E-state index in [1.165, 1.54) is 16.0 Å². The molecule has 1 unspecified atom stereocenters. The minimum absolute atomic E-state index is 0.451. The van der Waals surface area contributed by atoms with E-state index in [1.807, 2.05) is 5.38 Å². The van der Waals surface area contributed by atoms with Gasteiger partial charge in [-0.05, 0) is 11.4 Å². The molecule has 0 fully saturated rings. The summed E-state index contributed by atoms with van der Waals surface area (Å²) in [6.45, 7) is 0. The second kappa shape index (κ2) is 3.84. The predicted octanol–water partition coefficient (Wildman–Crippen LogP) is 1.80. The van der Waals surface area contributed by atoms with Gasteiger partial charge in [-0.3, -0.25) is 4.68 Å². The molecule has 1 atom stereocenters. The number of nitrogens with zero attached hydrogens (tertiary/aromatic N) is 2. The van der Waals surface area contributed by atoms with Crippen molar-refractivity contribution in [3.05, 3.63) is 33.1 Å². The van der Waals surface area contributed by atoms with Gasteiger partial charge in [0, 0.05) is 12.6 Å². The van der Waals surface area contributed by atoms with Gasteiger partial charge in [0.15, 0.2) is 0 Å². The molecule has 0 spiro atoms. The molecule has 0 saturated carbocycles. The molecule has 15 heavy (non-hydrogen) atoms. The summed E-state index contributed by atoms with van der Waals surface area (Å²) in [6, 6.07) is 1.75. The summed E-state index contributed by atoms with van der Waals surface area (Å²) in [5, 5.41) is 16.4. The number of nitrogen functional groups attached to an aromatic ring is 1. The molecule has 0 aromatic carbocycles. The Kier molecular flexibility index (Phi) is 2.68. The largest absolute Gasteiger partial charge is 0.384 e. The molecule has 2 aromatic heterocycles. The van der Waals surface area contributed by atoms with Gasteiger partial charge in [-0.1, -0.05) is 11.6 Å². The van der Waals surface area contributed by atoms with Gasteiger partial charge in [0.05, 0.1) is 16.1 Å². The van der Waals surface area contributed by atoms with Crippen molar-refractivity contribution in [3.63, 3.8) is 0 Å². The van der Waals surface area contributed by atoms with Gasteiger partial charge < -0.3 is 10.8 Å². The number of anilines is 1. The Hall–Kier alpha value is -1.04. The third kappa shape index (κ3) is 1.73. The first-order valence-electron chi connectivity index (χ1n) is 4.29. The van der Waals surface area contributed by atoms with Crippen LogP contribution < -0.4 is 5.73 Å². The summed E-state index contributed by atoms with van der Waals surface area (Å²) in [4.78, 5) is 0.691. The van der Waals surface area contributed by atoms with Crippen molar-refractivity contribution >= 4 is 28.8 Å². The van der Waals surface area contributed by atoms with Gasteiger partial charge in [0.1, 0.15) is 11.9 Å². The zero-order valence-corrected chi connectivity index (χ0v) is 9.59. The summed E-state index contributed by atoms with van der Waals surface area (Å²) in [7, 11) is 1.72. The number of rotatable bonds is 2. The zero-order chi connectivity index (χ0) is 11.0. The van der Waals surface area contributed by atoms with Gasteiger partial charge in [0.2, 0.25) is 0 Å². The molecule has 0 aliphatic rings. The van der Waals surface area contributed by atoms with E-state index < -0.39 is 6.10 Å². The van der Waals surface area contributed by atoms with Crippen molar-refractivity contribution in [1.29, 1.82) is 0 Å². The molecule has 6 heteroatoms. The maximum Gasteiger partial charge on any atom is 0.127 e. The number of hydrogen-bond acceptors (Lipinski definition) is 4. The molecule has 0 aliphatic heterocycles. The van der Waals surface area contributed by atoms with Crippen LogP contribution in [0.3, 0.4) is 0 Å². The molecular formula is C9H10ClN3OS. The molecule has 0 amide bonds. The lowest BCUT2D eigenvalue weighted by Crippen LogP contribution is -2.03. The Labute approximate surface area is 95.9 Å². The maximum atomic E-state index is 10.0. The van der Waals surface area contributed by atoms with E-state index in [1.54, 1.807) is 19.3 Å². The molecule has 0 aliphatic carbocycles. The average molecular weight is 244 g/mol. The monoisotopic (exact) mass is 243 g/mol. The lowest BCUT2D eigenvalue weighted by atomic mass is 10.1. The highest BCUT2D eigenvalue weighted by Crippen LogP contribution is 2.34. The second-order valence-electron chi connectivity index (χ2n) is 3.14. The highest BCUT2D eigenvalue weighted by molar-refractivity contribution is 7.10. The Morgan fingerprint density at radius 1 is 1.67 bits per heavy atom. The number of aryl methyl sites for hydroxylation is 1. The van der Waals surface area contributed by atoms with Crippen LogP contribution in [0, 0.1) is 0 Å². The molecule has 2 rings (SSSR count). The first kappa shape index (κ1) is 10.5. The van der Waals surface area contributed by atoms with Crippen molar-refractivity contribution in [2.45, 2.75) is 6.10 Å². The molecular weight excluding hydrogens is 234 g/mol. The van der Waals surface area contributed by atoms with Gasteiger partial charge in [0.25, 0.3) is 0 Å². The lowest BCUT2D eigenvalue weighted by Gasteiger charge is -2.08. The van der Waals surface area contributed by atoms with Crippen LogP contribution in [0.2, 0.25) is 5.02 Å². The minimum Gasteiger partial charge on any atom is -0.384 e. The first-order valence-corrected chi connectivity index (χ1v) is 5.55. The minimum atomic E-state index is -0.800. The first-order chi connectivity index (χ1) is 7.11. The van der Waals surface area contributed by atoms with Crippen LogP contribution >= 0.6 is 22.9 Å². The van der Waals surface area contributed by atoms with Crippen LogP contribution in [0.15, 0.2) is 17.6 Å². The van der Waals surface area contributed by atoms with E-state index in [4.69, 9.17) is 17.3 Å². The highest BCUT2D eigenvalue weighted by atomic mass is 35.5. The molecule has 3 N–H and O–H groups in total. The summed E-state index contributed by atoms with van der Waals surface area (Å²) >= 11 is 7.32. The quantitative estimate of drug-likeness (QED) is 0.846. The summed E-state index contributed by atoms with van der Waals surface area (Å²) in [5.74, 6) is 0.451. The predicted molar refractivity (Wildman–Crippen MR) is 61.0 cm³/mol. The SMILES string of the molecule is Cn1ncc(C(O)c2sccc2Cl)c1N. The van der Waals surface area contributed by atoms with Crippen LogP contribution in [0.1, 0.15) is 16.5 Å².